The number of rotatable bonds is 3. The Kier molecular flexibility index (Phi) is 5.10. The van der Waals surface area contributed by atoms with E-state index in [0.29, 0.717) is 32.6 Å². The van der Waals surface area contributed by atoms with Crippen LogP contribution in [0.25, 0.3) is 0 Å². The predicted molar refractivity (Wildman–Crippen MR) is 106 cm³/mol. The first-order chi connectivity index (χ1) is 13.2. The molecule has 0 saturated carbocycles. The number of carbonyl (C=O) groups is 2. The average molecular weight is 363 g/mol. The van der Waals surface area contributed by atoms with E-state index >= 15 is 0 Å². The maximum absolute atomic E-state index is 12.6. The number of piperazine rings is 1. The van der Waals surface area contributed by atoms with Crippen LogP contribution >= 0.6 is 0 Å². The molecule has 140 valence electrons. The van der Waals surface area contributed by atoms with Crippen molar-refractivity contribution in [2.45, 2.75) is 25.7 Å². The van der Waals surface area contributed by atoms with Gasteiger partial charge in [0.1, 0.15) is 0 Å². The quantitative estimate of drug-likeness (QED) is 0.911. The van der Waals surface area contributed by atoms with Gasteiger partial charge in [0.15, 0.2) is 0 Å². The largest absolute Gasteiger partial charge is 0.339 e. The molecule has 0 aromatic heterocycles. The number of para-hydroxylation sites is 1. The molecule has 2 aromatic rings. The molecule has 2 aromatic carbocycles. The van der Waals surface area contributed by atoms with Crippen LogP contribution in [-0.2, 0) is 24.1 Å². The van der Waals surface area contributed by atoms with Crippen molar-refractivity contribution in [1.82, 2.24) is 9.80 Å². The fraction of sp³-hybridized carbons (Fsp3) is 0.364. The number of nitrogens with zero attached hydrogens (tertiary/aromatic N) is 2. The van der Waals surface area contributed by atoms with Crippen LogP contribution in [0.5, 0.6) is 0 Å². The van der Waals surface area contributed by atoms with Crippen LogP contribution in [0, 0.1) is 0 Å². The molecule has 1 N–H and O–H groups in total. The Morgan fingerprint density at radius 2 is 1.56 bits per heavy atom. The molecule has 4 rings (SSSR count). The zero-order chi connectivity index (χ0) is 18.6. The molecule has 0 bridgehead atoms. The lowest BCUT2D eigenvalue weighted by Crippen LogP contribution is -2.52. The van der Waals surface area contributed by atoms with Crippen molar-refractivity contribution in [3.8, 4) is 0 Å². The molecule has 5 nitrogen and oxygen atoms in total. The van der Waals surface area contributed by atoms with Gasteiger partial charge in [-0.1, -0.05) is 36.4 Å². The Hall–Kier alpha value is -2.82. The van der Waals surface area contributed by atoms with Crippen molar-refractivity contribution < 1.29 is 9.59 Å². The molecule has 27 heavy (non-hydrogen) atoms. The highest BCUT2D eigenvalue weighted by Crippen LogP contribution is 2.23. The third kappa shape index (κ3) is 4.13. The Morgan fingerprint density at radius 1 is 0.852 bits per heavy atom. The lowest BCUT2D eigenvalue weighted by atomic mass is 10.0. The lowest BCUT2D eigenvalue weighted by molar-refractivity contribution is -0.131. The molecular weight excluding hydrogens is 338 g/mol. The molecule has 1 heterocycles. The van der Waals surface area contributed by atoms with Crippen LogP contribution in [-0.4, -0.2) is 47.9 Å². The molecule has 1 aliphatic heterocycles. The summed E-state index contributed by atoms with van der Waals surface area (Å²) in [7, 11) is 0. The van der Waals surface area contributed by atoms with Crippen molar-refractivity contribution >= 4 is 17.6 Å². The summed E-state index contributed by atoms with van der Waals surface area (Å²) in [6.45, 7) is 2.31. The fourth-order valence-corrected chi connectivity index (χ4v) is 3.90. The molecular formula is C22H25N3O2. The second kappa shape index (κ2) is 7.82. The number of hydrogen-bond donors (Lipinski definition) is 1. The van der Waals surface area contributed by atoms with Crippen LogP contribution in [0.15, 0.2) is 48.5 Å². The molecule has 1 aliphatic carbocycles. The number of benzene rings is 2. The summed E-state index contributed by atoms with van der Waals surface area (Å²) in [6.07, 6.45) is 3.96. The third-order valence-corrected chi connectivity index (χ3v) is 5.46. The van der Waals surface area contributed by atoms with Crippen molar-refractivity contribution in [3.63, 3.8) is 0 Å². The number of urea groups is 1. The molecule has 1 fully saturated rings. The first-order valence-corrected chi connectivity index (χ1v) is 9.68. The van der Waals surface area contributed by atoms with Crippen LogP contribution in [0.2, 0.25) is 0 Å². The number of fused-ring (bicyclic) bond motifs is 1. The number of amides is 3. The van der Waals surface area contributed by atoms with E-state index < -0.39 is 0 Å². The minimum absolute atomic E-state index is 0.105. The highest BCUT2D eigenvalue weighted by molar-refractivity contribution is 5.89. The van der Waals surface area contributed by atoms with Gasteiger partial charge in [-0.05, 0) is 48.1 Å². The van der Waals surface area contributed by atoms with E-state index in [0.717, 1.165) is 24.1 Å². The summed E-state index contributed by atoms with van der Waals surface area (Å²) in [5, 5.41) is 2.90. The maximum atomic E-state index is 12.6. The van der Waals surface area contributed by atoms with Gasteiger partial charge in [-0.15, -0.1) is 0 Å². The minimum Gasteiger partial charge on any atom is -0.339 e. The molecule has 0 unspecified atom stereocenters. The zero-order valence-electron chi connectivity index (χ0n) is 15.5. The van der Waals surface area contributed by atoms with Gasteiger partial charge in [0.25, 0.3) is 0 Å². The summed E-state index contributed by atoms with van der Waals surface area (Å²) in [6, 6.07) is 15.8. The smallest absolute Gasteiger partial charge is 0.321 e. The first-order valence-electron chi connectivity index (χ1n) is 9.68. The van der Waals surface area contributed by atoms with Crippen molar-refractivity contribution in [2.24, 2.45) is 0 Å². The summed E-state index contributed by atoms with van der Waals surface area (Å²) in [5.74, 6) is 0.149. The second-order valence-electron chi connectivity index (χ2n) is 7.30. The van der Waals surface area contributed by atoms with Gasteiger partial charge in [0.2, 0.25) is 5.91 Å². The summed E-state index contributed by atoms with van der Waals surface area (Å²) in [5.41, 5.74) is 4.73. The van der Waals surface area contributed by atoms with Gasteiger partial charge in [0, 0.05) is 31.9 Å². The number of nitrogens with one attached hydrogen (secondary N) is 1. The number of aryl methyl sites for hydroxylation is 2. The van der Waals surface area contributed by atoms with Crippen LogP contribution < -0.4 is 5.32 Å². The Labute approximate surface area is 160 Å². The van der Waals surface area contributed by atoms with E-state index in [1.54, 1.807) is 4.90 Å². The predicted octanol–water partition coefficient (Wildman–Crippen LogP) is 3.09. The van der Waals surface area contributed by atoms with Gasteiger partial charge in [0.05, 0.1) is 6.42 Å². The Morgan fingerprint density at radius 3 is 2.33 bits per heavy atom. The Bertz CT molecular complexity index is 827. The highest BCUT2D eigenvalue weighted by atomic mass is 16.2. The summed E-state index contributed by atoms with van der Waals surface area (Å²) < 4.78 is 0. The summed E-state index contributed by atoms with van der Waals surface area (Å²) in [4.78, 5) is 28.6. The van der Waals surface area contributed by atoms with Crippen molar-refractivity contribution in [1.29, 1.82) is 0 Å². The molecule has 0 spiro atoms. The topological polar surface area (TPSA) is 52.7 Å². The van der Waals surface area contributed by atoms with E-state index in [1.165, 1.54) is 17.5 Å². The van der Waals surface area contributed by atoms with Crippen LogP contribution in [0.1, 0.15) is 23.1 Å². The molecule has 1 saturated heterocycles. The molecule has 0 atom stereocenters. The second-order valence-corrected chi connectivity index (χ2v) is 7.30. The van der Waals surface area contributed by atoms with Crippen molar-refractivity contribution in [3.05, 3.63) is 65.2 Å². The minimum atomic E-state index is -0.105. The van der Waals surface area contributed by atoms with E-state index in [-0.39, 0.29) is 11.9 Å². The van der Waals surface area contributed by atoms with Gasteiger partial charge >= 0.3 is 6.03 Å². The fourth-order valence-electron chi connectivity index (χ4n) is 3.90. The number of carbonyl (C=O) groups excluding carboxylic acids is 2. The Balaban J connectivity index is 1.28. The van der Waals surface area contributed by atoms with E-state index in [9.17, 15) is 9.59 Å². The molecule has 0 radical (unpaired) electrons. The lowest BCUT2D eigenvalue weighted by Gasteiger charge is -2.34. The van der Waals surface area contributed by atoms with E-state index in [2.05, 4.69) is 23.5 Å². The van der Waals surface area contributed by atoms with Gasteiger partial charge in [-0.25, -0.2) is 4.79 Å². The third-order valence-electron chi connectivity index (χ3n) is 5.46. The molecule has 3 amide bonds. The number of anilines is 1. The van der Waals surface area contributed by atoms with E-state index in [1.807, 2.05) is 35.2 Å². The van der Waals surface area contributed by atoms with Gasteiger partial charge in [-0.2, -0.15) is 0 Å². The van der Waals surface area contributed by atoms with E-state index in [4.69, 9.17) is 0 Å². The standard InChI is InChI=1S/C22H25N3O2/c26-21(16-17-9-10-18-5-4-6-19(18)15-17)24-11-13-25(14-12-24)22(27)23-20-7-2-1-3-8-20/h1-3,7-10,15H,4-6,11-14,16H2,(H,23,27). The normalized spacial score (nSPS) is 16.1. The van der Waals surface area contributed by atoms with Crippen LogP contribution in [0.3, 0.4) is 0 Å². The SMILES string of the molecule is O=C(Cc1ccc2c(c1)CCC2)N1CCN(C(=O)Nc2ccccc2)CC1. The maximum Gasteiger partial charge on any atom is 0.321 e. The zero-order valence-corrected chi connectivity index (χ0v) is 15.5. The monoisotopic (exact) mass is 363 g/mol. The molecule has 2 aliphatic rings. The average Bonchev–Trinajstić information content (AvgIpc) is 3.16. The van der Waals surface area contributed by atoms with Gasteiger partial charge in [-0.3, -0.25) is 4.79 Å². The van der Waals surface area contributed by atoms with Gasteiger partial charge < -0.3 is 15.1 Å². The molecule has 5 heteroatoms. The highest BCUT2D eigenvalue weighted by Gasteiger charge is 2.24. The summed E-state index contributed by atoms with van der Waals surface area (Å²) >= 11 is 0. The first kappa shape index (κ1) is 17.6. The number of hydrogen-bond acceptors (Lipinski definition) is 2. The van der Waals surface area contributed by atoms with Crippen LogP contribution in [0.4, 0.5) is 10.5 Å². The van der Waals surface area contributed by atoms with Crippen molar-refractivity contribution in [2.75, 3.05) is 31.5 Å².